The first-order valence-electron chi connectivity index (χ1n) is 13.7. The lowest BCUT2D eigenvalue weighted by Gasteiger charge is -2.32. The Kier molecular flexibility index (Phi) is 10.4. The van der Waals surface area contributed by atoms with Crippen LogP contribution in [-0.2, 0) is 12.1 Å². The van der Waals surface area contributed by atoms with Crippen LogP contribution in [0.2, 0.25) is 0 Å². The summed E-state index contributed by atoms with van der Waals surface area (Å²) in [5, 5.41) is 8.41. The number of hydrogen-bond donors (Lipinski definition) is 4. The molecule has 3 aromatic rings. The zero-order valence-electron chi connectivity index (χ0n) is 23.6. The minimum Gasteiger partial charge on any atom is -0.494 e. The van der Waals surface area contributed by atoms with Gasteiger partial charge < -0.3 is 31.0 Å². The third kappa shape index (κ3) is 6.57. The Bertz CT molecular complexity index is 1350. The van der Waals surface area contributed by atoms with Gasteiger partial charge in [-0.05, 0) is 117 Å². The number of fused-ring (bicyclic) bond motifs is 1. The smallest absolute Gasteiger partial charge is 0.253 e. The Morgan fingerprint density at radius 3 is 2.46 bits per heavy atom. The topological polar surface area (TPSA) is 95.4 Å². The van der Waals surface area contributed by atoms with Crippen molar-refractivity contribution in [1.82, 2.24) is 15.2 Å². The van der Waals surface area contributed by atoms with E-state index in [1.54, 1.807) is 0 Å². The first-order valence-corrected chi connectivity index (χ1v) is 14.1. The average Bonchev–Trinajstić information content (AvgIpc) is 3.43. The van der Waals surface area contributed by atoms with Crippen LogP contribution in [0.4, 0.5) is 5.69 Å². The summed E-state index contributed by atoms with van der Waals surface area (Å²) in [6.07, 6.45) is 2.63. The van der Waals surface area contributed by atoms with Crippen molar-refractivity contribution in [3.63, 3.8) is 0 Å². The van der Waals surface area contributed by atoms with E-state index in [4.69, 9.17) is 22.7 Å². The summed E-state index contributed by atoms with van der Waals surface area (Å²) in [4.78, 5) is 18.7. The number of nitrogens with two attached hydrogens (primary N) is 1. The molecule has 0 bridgehead atoms. The van der Waals surface area contributed by atoms with E-state index in [1.165, 1.54) is 0 Å². The Morgan fingerprint density at radius 2 is 1.87 bits per heavy atom. The van der Waals surface area contributed by atoms with E-state index < -0.39 is 5.54 Å². The van der Waals surface area contributed by atoms with Crippen molar-refractivity contribution in [2.45, 2.75) is 72.0 Å². The Balaban J connectivity index is 0.00000420. The van der Waals surface area contributed by atoms with E-state index in [0.29, 0.717) is 23.8 Å². The van der Waals surface area contributed by atoms with Gasteiger partial charge in [-0.15, -0.1) is 12.4 Å². The van der Waals surface area contributed by atoms with Crippen LogP contribution < -0.4 is 26.7 Å². The van der Waals surface area contributed by atoms with Crippen LogP contribution in [0.15, 0.2) is 41.2 Å². The molecule has 1 aliphatic heterocycles. The van der Waals surface area contributed by atoms with Crippen LogP contribution in [0.5, 0.6) is 5.75 Å². The summed E-state index contributed by atoms with van der Waals surface area (Å²) in [6.45, 7) is 13.2. The number of pyridine rings is 1. The molecule has 0 aliphatic carbocycles. The minimum atomic E-state index is -0.414. The molecule has 39 heavy (non-hydrogen) atoms. The standard InChI is InChI=1S/C30H41N5O2S.ClH/c1-6-30(31,7-2)26-19(4)15-21-16-22(28(36)34-27(21)20(26)5)18-35(24-13-14-32-17-24)29(38)33-23-9-11-25(12-10-23)37-8-3;/h9-12,15-16,24,32H,6-8,13-14,17-18,31H2,1-5H3,(H,33,38)(H,34,36);1H. The highest BCUT2D eigenvalue weighted by atomic mass is 35.5. The van der Waals surface area contributed by atoms with Crippen LogP contribution in [0.3, 0.4) is 0 Å². The summed E-state index contributed by atoms with van der Waals surface area (Å²) in [5.41, 5.74) is 12.1. The van der Waals surface area contributed by atoms with Gasteiger partial charge >= 0.3 is 0 Å². The van der Waals surface area contributed by atoms with Gasteiger partial charge in [0.2, 0.25) is 0 Å². The van der Waals surface area contributed by atoms with Gasteiger partial charge in [-0.3, -0.25) is 4.79 Å². The summed E-state index contributed by atoms with van der Waals surface area (Å²) in [7, 11) is 0. The average molecular weight is 572 g/mol. The van der Waals surface area contributed by atoms with Crippen molar-refractivity contribution in [1.29, 1.82) is 0 Å². The van der Waals surface area contributed by atoms with Crippen LogP contribution >= 0.6 is 24.6 Å². The fraction of sp³-hybridized carbons (Fsp3) is 0.467. The maximum atomic E-state index is 13.4. The predicted octanol–water partition coefficient (Wildman–Crippen LogP) is 5.50. The number of thiocarbonyl (C=S) groups is 1. The molecule has 212 valence electrons. The molecule has 9 heteroatoms. The minimum absolute atomic E-state index is 0. The van der Waals surface area contributed by atoms with Gasteiger partial charge in [0.25, 0.3) is 5.56 Å². The van der Waals surface area contributed by atoms with Crippen LogP contribution in [-0.4, -0.2) is 40.7 Å². The number of anilines is 1. The maximum absolute atomic E-state index is 13.4. The maximum Gasteiger partial charge on any atom is 0.253 e. The van der Waals surface area contributed by atoms with Crippen molar-refractivity contribution < 1.29 is 4.74 Å². The van der Waals surface area contributed by atoms with Crippen molar-refractivity contribution in [3.05, 3.63) is 69.0 Å². The first-order chi connectivity index (χ1) is 18.2. The van der Waals surface area contributed by atoms with Crippen LogP contribution in [0, 0.1) is 13.8 Å². The third-order valence-corrected chi connectivity index (χ3v) is 8.25. The van der Waals surface area contributed by atoms with Crippen molar-refractivity contribution in [2.24, 2.45) is 5.73 Å². The zero-order chi connectivity index (χ0) is 27.4. The molecule has 4 rings (SSSR count). The molecule has 1 saturated heterocycles. The molecule has 1 aromatic heterocycles. The molecule has 0 spiro atoms. The third-order valence-electron chi connectivity index (χ3n) is 7.92. The Labute approximate surface area is 243 Å². The second kappa shape index (κ2) is 13.1. The van der Waals surface area contributed by atoms with E-state index in [9.17, 15) is 4.79 Å². The quantitative estimate of drug-likeness (QED) is 0.252. The van der Waals surface area contributed by atoms with Crippen LogP contribution in [0.25, 0.3) is 10.9 Å². The van der Waals surface area contributed by atoms with Crippen molar-refractivity contribution >= 4 is 46.3 Å². The second-order valence-electron chi connectivity index (χ2n) is 10.3. The molecule has 2 heterocycles. The van der Waals surface area contributed by atoms with E-state index in [1.807, 2.05) is 37.3 Å². The molecule has 1 unspecified atom stereocenters. The molecule has 0 saturated carbocycles. The number of hydrogen-bond acceptors (Lipinski definition) is 5. The normalized spacial score (nSPS) is 15.2. The molecule has 5 N–H and O–H groups in total. The van der Waals surface area contributed by atoms with E-state index in [0.717, 1.165) is 71.4 Å². The number of nitrogens with zero attached hydrogens (tertiary/aromatic N) is 1. The highest BCUT2D eigenvalue weighted by Crippen LogP contribution is 2.35. The molecular formula is C30H42ClN5O2S. The van der Waals surface area contributed by atoms with E-state index >= 15 is 0 Å². The summed E-state index contributed by atoms with van der Waals surface area (Å²) >= 11 is 5.87. The summed E-state index contributed by atoms with van der Waals surface area (Å²) in [6, 6.07) is 12.1. The highest BCUT2D eigenvalue weighted by Gasteiger charge is 2.29. The van der Waals surface area contributed by atoms with Crippen molar-refractivity contribution in [2.75, 3.05) is 25.0 Å². The number of rotatable bonds is 9. The van der Waals surface area contributed by atoms with Crippen molar-refractivity contribution in [3.8, 4) is 5.75 Å². The summed E-state index contributed by atoms with van der Waals surface area (Å²) < 4.78 is 5.55. The monoisotopic (exact) mass is 571 g/mol. The molecule has 2 aromatic carbocycles. The van der Waals surface area contributed by atoms with Gasteiger partial charge in [0.1, 0.15) is 5.75 Å². The fourth-order valence-electron chi connectivity index (χ4n) is 5.68. The van der Waals surface area contributed by atoms with E-state index in [2.05, 4.69) is 54.3 Å². The molecule has 1 atom stereocenters. The molecule has 1 aliphatic rings. The zero-order valence-corrected chi connectivity index (χ0v) is 25.3. The number of aryl methyl sites for hydroxylation is 2. The number of aromatic amines is 1. The lowest BCUT2D eigenvalue weighted by atomic mass is 9.79. The number of H-pyrrole nitrogens is 1. The Hall–Kier alpha value is -2.65. The number of benzene rings is 2. The second-order valence-corrected chi connectivity index (χ2v) is 10.7. The molecular weight excluding hydrogens is 530 g/mol. The Morgan fingerprint density at radius 1 is 1.18 bits per heavy atom. The fourth-order valence-corrected chi connectivity index (χ4v) is 6.01. The number of ether oxygens (including phenoxy) is 1. The molecule has 7 nitrogen and oxygen atoms in total. The molecule has 0 amide bonds. The van der Waals surface area contributed by atoms with Gasteiger partial charge in [-0.2, -0.15) is 0 Å². The number of halogens is 1. The molecule has 1 fully saturated rings. The lowest BCUT2D eigenvalue weighted by Crippen LogP contribution is -2.44. The SMILES string of the molecule is CCOc1ccc(NC(=S)N(Cc2cc3cc(C)c(C(N)(CC)CC)c(C)c3[nH]c2=O)C2CCNC2)cc1.Cl. The predicted molar refractivity (Wildman–Crippen MR) is 168 cm³/mol. The largest absolute Gasteiger partial charge is 0.494 e. The van der Waals surface area contributed by atoms with Gasteiger partial charge in [-0.25, -0.2) is 0 Å². The number of aromatic nitrogens is 1. The van der Waals surface area contributed by atoms with Gasteiger partial charge in [0.15, 0.2) is 5.11 Å². The van der Waals surface area contributed by atoms with Gasteiger partial charge in [0, 0.05) is 29.4 Å². The summed E-state index contributed by atoms with van der Waals surface area (Å²) in [5.74, 6) is 0.821. The number of nitrogens with one attached hydrogen (secondary N) is 3. The lowest BCUT2D eigenvalue weighted by molar-refractivity contribution is 0.325. The molecule has 0 radical (unpaired) electrons. The first kappa shape index (κ1) is 30.9. The van der Waals surface area contributed by atoms with Gasteiger partial charge in [-0.1, -0.05) is 13.8 Å². The van der Waals surface area contributed by atoms with Gasteiger partial charge in [0.05, 0.1) is 18.7 Å². The van der Waals surface area contributed by atoms with Crippen LogP contribution in [0.1, 0.15) is 62.3 Å². The highest BCUT2D eigenvalue weighted by molar-refractivity contribution is 7.80. The van der Waals surface area contributed by atoms with E-state index in [-0.39, 0.29) is 24.0 Å².